The Hall–Kier alpha value is -2.51. The lowest BCUT2D eigenvalue weighted by Gasteiger charge is -2.25. The van der Waals surface area contributed by atoms with Crippen molar-refractivity contribution in [3.63, 3.8) is 0 Å². The molecule has 0 saturated carbocycles. The van der Waals surface area contributed by atoms with Crippen LogP contribution in [0.15, 0.2) is 36.4 Å². The molecule has 33 heavy (non-hydrogen) atoms. The third kappa shape index (κ3) is 6.98. The Balaban J connectivity index is 1.54. The van der Waals surface area contributed by atoms with Crippen LogP contribution in [0, 0.1) is 0 Å². The topological polar surface area (TPSA) is 72.9 Å². The van der Waals surface area contributed by atoms with Gasteiger partial charge in [0.15, 0.2) is 5.78 Å². The van der Waals surface area contributed by atoms with Gasteiger partial charge in [-0.25, -0.2) is 4.79 Å². The summed E-state index contributed by atoms with van der Waals surface area (Å²) in [6.07, 6.45) is 4.67. The molecule has 1 atom stereocenters. The number of hydrogen-bond acceptors (Lipinski definition) is 6. The highest BCUT2D eigenvalue weighted by Crippen LogP contribution is 2.28. The molecular formula is C26H33NO5S. The maximum Gasteiger partial charge on any atom is 0.348 e. The Kier molecular flexibility index (Phi) is 9.21. The third-order valence-electron chi connectivity index (χ3n) is 5.56. The minimum Gasteiger partial charge on any atom is -0.459 e. The van der Waals surface area contributed by atoms with Crippen LogP contribution >= 0.6 is 11.3 Å². The van der Waals surface area contributed by atoms with Crippen molar-refractivity contribution in [2.75, 3.05) is 11.5 Å². The van der Waals surface area contributed by atoms with E-state index in [1.54, 1.807) is 11.0 Å². The zero-order valence-corrected chi connectivity index (χ0v) is 20.5. The Morgan fingerprint density at radius 1 is 1.12 bits per heavy atom. The molecule has 2 heterocycles. The summed E-state index contributed by atoms with van der Waals surface area (Å²) >= 11 is 1.36. The number of hydrogen-bond donors (Lipinski definition) is 0. The molecule has 0 bridgehead atoms. The molecule has 7 heteroatoms. The highest BCUT2D eigenvalue weighted by molar-refractivity contribution is 7.13. The largest absolute Gasteiger partial charge is 0.459 e. The predicted octanol–water partition coefficient (Wildman–Crippen LogP) is 5.79. The average Bonchev–Trinajstić information content (AvgIpc) is 3.40. The second kappa shape index (κ2) is 12.1. The predicted molar refractivity (Wildman–Crippen MR) is 130 cm³/mol. The standard InChI is InChI=1S/C26H33NO5S/c1-4-5-6-7-23(28)19-8-10-20(11-9-19)27-21(12-15-25(27)29)16-31-17-22-13-14-24(33-22)26(30)32-18(2)3/h8-11,13-14,18,21H,4-7,12,15-17H2,1-3H3/t21-/m1/s1. The molecule has 0 spiro atoms. The lowest BCUT2D eigenvalue weighted by molar-refractivity contribution is -0.117. The normalized spacial score (nSPS) is 15.9. The van der Waals surface area contributed by atoms with Gasteiger partial charge in [0.2, 0.25) is 5.91 Å². The molecule has 1 saturated heterocycles. The molecule has 1 aliphatic rings. The van der Waals surface area contributed by atoms with E-state index in [2.05, 4.69) is 6.92 Å². The number of Topliss-reactive ketones (excluding diaryl/α,β-unsaturated/α-hetero) is 1. The Morgan fingerprint density at radius 3 is 2.58 bits per heavy atom. The van der Waals surface area contributed by atoms with Crippen LogP contribution in [0.4, 0.5) is 5.69 Å². The number of carbonyl (C=O) groups excluding carboxylic acids is 3. The average molecular weight is 472 g/mol. The van der Waals surface area contributed by atoms with Crippen LogP contribution in [0.3, 0.4) is 0 Å². The highest BCUT2D eigenvalue weighted by Gasteiger charge is 2.32. The molecule has 1 fully saturated rings. The molecule has 0 radical (unpaired) electrons. The van der Waals surface area contributed by atoms with Crippen molar-refractivity contribution in [1.82, 2.24) is 0 Å². The van der Waals surface area contributed by atoms with Gasteiger partial charge >= 0.3 is 5.97 Å². The first-order valence-electron chi connectivity index (χ1n) is 11.7. The van der Waals surface area contributed by atoms with E-state index in [1.165, 1.54) is 11.3 Å². The van der Waals surface area contributed by atoms with E-state index in [0.717, 1.165) is 36.2 Å². The van der Waals surface area contributed by atoms with Gasteiger partial charge in [-0.3, -0.25) is 9.59 Å². The second-order valence-corrected chi connectivity index (χ2v) is 9.79. The number of ketones is 1. The number of anilines is 1. The van der Waals surface area contributed by atoms with E-state index >= 15 is 0 Å². The summed E-state index contributed by atoms with van der Waals surface area (Å²) in [5, 5.41) is 0. The van der Waals surface area contributed by atoms with E-state index in [4.69, 9.17) is 9.47 Å². The van der Waals surface area contributed by atoms with Crippen LogP contribution in [0.1, 0.15) is 84.2 Å². The number of unbranched alkanes of at least 4 members (excludes halogenated alkanes) is 2. The number of esters is 1. The summed E-state index contributed by atoms with van der Waals surface area (Å²) in [5.74, 6) is -0.100. The van der Waals surface area contributed by atoms with Crippen LogP contribution < -0.4 is 4.90 Å². The van der Waals surface area contributed by atoms with Crippen molar-refractivity contribution in [2.24, 2.45) is 0 Å². The van der Waals surface area contributed by atoms with Gasteiger partial charge in [-0.2, -0.15) is 0 Å². The highest BCUT2D eigenvalue weighted by atomic mass is 32.1. The van der Waals surface area contributed by atoms with Crippen molar-refractivity contribution in [3.05, 3.63) is 51.7 Å². The van der Waals surface area contributed by atoms with Gasteiger partial charge in [0.05, 0.1) is 25.4 Å². The number of benzene rings is 1. The van der Waals surface area contributed by atoms with E-state index in [9.17, 15) is 14.4 Å². The first-order valence-corrected chi connectivity index (χ1v) is 12.5. The molecule has 0 N–H and O–H groups in total. The van der Waals surface area contributed by atoms with Crippen molar-refractivity contribution in [3.8, 4) is 0 Å². The Bertz CT molecular complexity index is 950. The van der Waals surface area contributed by atoms with Gasteiger partial charge < -0.3 is 14.4 Å². The lowest BCUT2D eigenvalue weighted by atomic mass is 10.0. The zero-order chi connectivity index (χ0) is 23.8. The van der Waals surface area contributed by atoms with Crippen LogP contribution in [0.5, 0.6) is 0 Å². The number of ether oxygens (including phenoxy) is 2. The quantitative estimate of drug-likeness (QED) is 0.223. The van der Waals surface area contributed by atoms with Crippen LogP contribution in [-0.2, 0) is 20.9 Å². The fourth-order valence-corrected chi connectivity index (χ4v) is 4.71. The van der Waals surface area contributed by atoms with Crippen molar-refractivity contribution in [1.29, 1.82) is 0 Å². The van der Waals surface area contributed by atoms with Gasteiger partial charge in [0, 0.05) is 29.0 Å². The summed E-state index contributed by atoms with van der Waals surface area (Å²) in [4.78, 5) is 40.1. The van der Waals surface area contributed by atoms with Gasteiger partial charge in [0.1, 0.15) is 4.88 Å². The van der Waals surface area contributed by atoms with Crippen molar-refractivity contribution >= 4 is 34.7 Å². The van der Waals surface area contributed by atoms with E-state index in [-0.39, 0.29) is 29.8 Å². The zero-order valence-electron chi connectivity index (χ0n) is 19.7. The Labute approximate surface area is 199 Å². The van der Waals surface area contributed by atoms with Gasteiger partial charge in [-0.05, 0) is 63.1 Å². The molecule has 0 unspecified atom stereocenters. The first-order chi connectivity index (χ1) is 15.9. The van der Waals surface area contributed by atoms with Crippen molar-refractivity contribution in [2.45, 2.75) is 78.0 Å². The first kappa shape index (κ1) is 25.1. The summed E-state index contributed by atoms with van der Waals surface area (Å²) in [6.45, 7) is 6.55. The fraction of sp³-hybridized carbons (Fsp3) is 0.500. The fourth-order valence-electron chi connectivity index (χ4n) is 3.88. The van der Waals surface area contributed by atoms with Crippen LogP contribution in [0.25, 0.3) is 0 Å². The van der Waals surface area contributed by atoms with Crippen LogP contribution in [-0.4, -0.2) is 36.4 Å². The molecule has 3 rings (SSSR count). The monoisotopic (exact) mass is 471 g/mol. The molecule has 1 aromatic carbocycles. The van der Waals surface area contributed by atoms with Crippen molar-refractivity contribution < 1.29 is 23.9 Å². The molecule has 2 aromatic rings. The third-order valence-corrected chi connectivity index (χ3v) is 6.60. The molecule has 6 nitrogen and oxygen atoms in total. The van der Waals surface area contributed by atoms with Gasteiger partial charge in [0.25, 0.3) is 0 Å². The molecular weight excluding hydrogens is 438 g/mol. The van der Waals surface area contributed by atoms with Crippen LogP contribution in [0.2, 0.25) is 0 Å². The molecule has 1 aliphatic heterocycles. The molecule has 0 aliphatic carbocycles. The second-order valence-electron chi connectivity index (χ2n) is 8.62. The van der Waals surface area contributed by atoms with E-state index in [1.807, 2.05) is 44.2 Å². The summed E-state index contributed by atoms with van der Waals surface area (Å²) in [5.41, 5.74) is 1.49. The number of rotatable bonds is 12. The number of thiophene rings is 1. The smallest absolute Gasteiger partial charge is 0.348 e. The number of carbonyl (C=O) groups is 3. The summed E-state index contributed by atoms with van der Waals surface area (Å²) in [6, 6.07) is 10.9. The number of nitrogens with zero attached hydrogens (tertiary/aromatic N) is 1. The minimum absolute atomic E-state index is 0.0473. The SMILES string of the molecule is CCCCCC(=O)c1ccc(N2C(=O)CC[C@@H]2COCc2ccc(C(=O)OC(C)C)s2)cc1. The minimum atomic E-state index is -0.318. The molecule has 1 amide bonds. The van der Waals surface area contributed by atoms with E-state index < -0.39 is 0 Å². The molecule has 1 aromatic heterocycles. The Morgan fingerprint density at radius 2 is 1.88 bits per heavy atom. The summed E-state index contributed by atoms with van der Waals surface area (Å²) in [7, 11) is 0. The molecule has 178 valence electrons. The van der Waals surface area contributed by atoms with E-state index in [0.29, 0.717) is 36.5 Å². The maximum absolute atomic E-state index is 12.5. The number of amides is 1. The maximum atomic E-state index is 12.5. The van der Waals surface area contributed by atoms with Gasteiger partial charge in [-0.15, -0.1) is 11.3 Å². The summed E-state index contributed by atoms with van der Waals surface area (Å²) < 4.78 is 11.1. The van der Waals surface area contributed by atoms with Gasteiger partial charge in [-0.1, -0.05) is 19.8 Å². The lowest BCUT2D eigenvalue weighted by Crippen LogP contribution is -2.36.